The van der Waals surface area contributed by atoms with Gasteiger partial charge in [0.05, 0.1) is 5.56 Å². The number of rotatable bonds is 3. The lowest BCUT2D eigenvalue weighted by molar-refractivity contribution is 0.0697. The summed E-state index contributed by atoms with van der Waals surface area (Å²) in [6, 6.07) is 10.8. The normalized spacial score (nSPS) is 10.9. The lowest BCUT2D eigenvalue weighted by Gasteiger charge is -1.97. The predicted octanol–water partition coefficient (Wildman–Crippen LogP) is 2.89. The Bertz CT molecular complexity index is 550. The minimum atomic E-state index is -0.900. The van der Waals surface area contributed by atoms with Gasteiger partial charge >= 0.3 is 5.97 Å². The number of hydrogen-bond acceptors (Lipinski definition) is 1. The van der Waals surface area contributed by atoms with Crippen LogP contribution in [0.25, 0.3) is 12.2 Å². The Morgan fingerprint density at radius 1 is 1.18 bits per heavy atom. The second-order valence-electron chi connectivity index (χ2n) is 3.80. The molecule has 17 heavy (non-hydrogen) atoms. The van der Waals surface area contributed by atoms with Crippen molar-refractivity contribution >= 4 is 18.1 Å². The second-order valence-corrected chi connectivity index (χ2v) is 3.80. The number of carboxylic acids is 1. The molecule has 1 N–H and O–H groups in total. The zero-order valence-corrected chi connectivity index (χ0v) is 9.50. The van der Waals surface area contributed by atoms with Gasteiger partial charge in [0.15, 0.2) is 0 Å². The standard InChI is InChI=1S/C14H13NO2/c1-15-10-2-3-13(15)9-6-11-4-7-12(8-5-11)14(16)17/h2-10H,1H3,(H,16,17)/b9-6+. The Morgan fingerprint density at radius 2 is 1.88 bits per heavy atom. The molecule has 0 aliphatic carbocycles. The molecule has 86 valence electrons. The highest BCUT2D eigenvalue weighted by atomic mass is 16.4. The van der Waals surface area contributed by atoms with E-state index in [1.807, 2.05) is 42.1 Å². The van der Waals surface area contributed by atoms with Crippen molar-refractivity contribution in [2.24, 2.45) is 7.05 Å². The van der Waals surface area contributed by atoms with Crippen LogP contribution in [0.4, 0.5) is 0 Å². The Hall–Kier alpha value is -2.29. The van der Waals surface area contributed by atoms with E-state index in [9.17, 15) is 4.79 Å². The van der Waals surface area contributed by atoms with Gasteiger partial charge in [0.2, 0.25) is 0 Å². The van der Waals surface area contributed by atoms with Crippen LogP contribution in [0.3, 0.4) is 0 Å². The van der Waals surface area contributed by atoms with Gasteiger partial charge in [0.1, 0.15) is 0 Å². The SMILES string of the molecule is Cn1cccc1/C=C/c1ccc(C(=O)O)cc1. The van der Waals surface area contributed by atoms with E-state index in [0.29, 0.717) is 5.56 Å². The molecule has 0 aliphatic heterocycles. The summed E-state index contributed by atoms with van der Waals surface area (Å²) in [6.07, 6.45) is 5.93. The Kier molecular flexibility index (Phi) is 3.10. The van der Waals surface area contributed by atoms with Gasteiger partial charge in [-0.3, -0.25) is 0 Å². The molecule has 2 aromatic rings. The molecule has 2 rings (SSSR count). The molecule has 0 spiro atoms. The van der Waals surface area contributed by atoms with Gasteiger partial charge in [-0.05, 0) is 35.9 Å². The average Bonchev–Trinajstić information content (AvgIpc) is 2.73. The number of aromatic carboxylic acids is 1. The maximum Gasteiger partial charge on any atom is 0.335 e. The summed E-state index contributed by atoms with van der Waals surface area (Å²) in [5.41, 5.74) is 2.39. The number of aromatic nitrogens is 1. The van der Waals surface area contributed by atoms with Gasteiger partial charge in [-0.25, -0.2) is 4.79 Å². The predicted molar refractivity (Wildman–Crippen MR) is 67.7 cm³/mol. The van der Waals surface area contributed by atoms with E-state index < -0.39 is 5.97 Å². The monoisotopic (exact) mass is 227 g/mol. The van der Waals surface area contributed by atoms with E-state index in [4.69, 9.17) is 5.11 Å². The molecule has 0 unspecified atom stereocenters. The van der Waals surface area contributed by atoms with E-state index in [2.05, 4.69) is 0 Å². The van der Waals surface area contributed by atoms with Crippen LogP contribution in [-0.4, -0.2) is 15.6 Å². The summed E-state index contributed by atoms with van der Waals surface area (Å²) in [6.45, 7) is 0. The smallest absolute Gasteiger partial charge is 0.335 e. The molecular weight excluding hydrogens is 214 g/mol. The first-order valence-corrected chi connectivity index (χ1v) is 5.29. The molecule has 0 saturated carbocycles. The van der Waals surface area contributed by atoms with E-state index >= 15 is 0 Å². The molecule has 0 saturated heterocycles. The fourth-order valence-electron chi connectivity index (χ4n) is 1.57. The lowest BCUT2D eigenvalue weighted by Crippen LogP contribution is -1.94. The number of aryl methyl sites for hydroxylation is 1. The van der Waals surface area contributed by atoms with Gasteiger partial charge in [0.25, 0.3) is 0 Å². The zero-order chi connectivity index (χ0) is 12.3. The molecule has 3 heteroatoms. The molecule has 1 aromatic carbocycles. The molecule has 3 nitrogen and oxygen atoms in total. The molecular formula is C14H13NO2. The highest BCUT2D eigenvalue weighted by Gasteiger charge is 2.00. The van der Waals surface area contributed by atoms with Crippen LogP contribution in [0.5, 0.6) is 0 Å². The third-order valence-corrected chi connectivity index (χ3v) is 2.59. The summed E-state index contributed by atoms with van der Waals surface area (Å²) < 4.78 is 2.02. The molecule has 0 aliphatic rings. The molecule has 1 aromatic heterocycles. The third kappa shape index (κ3) is 2.64. The topological polar surface area (TPSA) is 42.2 Å². The molecule has 0 radical (unpaired) electrons. The first-order chi connectivity index (χ1) is 8.16. The lowest BCUT2D eigenvalue weighted by atomic mass is 10.1. The second kappa shape index (κ2) is 4.70. The van der Waals surface area contributed by atoms with Crippen molar-refractivity contribution in [1.82, 2.24) is 4.57 Å². The van der Waals surface area contributed by atoms with Crippen molar-refractivity contribution in [3.63, 3.8) is 0 Å². The Morgan fingerprint density at radius 3 is 2.41 bits per heavy atom. The van der Waals surface area contributed by atoms with Crippen molar-refractivity contribution in [2.45, 2.75) is 0 Å². The van der Waals surface area contributed by atoms with E-state index in [1.54, 1.807) is 24.3 Å². The van der Waals surface area contributed by atoms with Crippen LogP contribution in [0, 0.1) is 0 Å². The van der Waals surface area contributed by atoms with E-state index in [1.165, 1.54) is 0 Å². The maximum atomic E-state index is 10.7. The van der Waals surface area contributed by atoms with Crippen LogP contribution < -0.4 is 0 Å². The quantitative estimate of drug-likeness (QED) is 0.876. The summed E-state index contributed by atoms with van der Waals surface area (Å²) in [5.74, 6) is -0.900. The van der Waals surface area contributed by atoms with Crippen LogP contribution in [0.2, 0.25) is 0 Å². The summed E-state index contributed by atoms with van der Waals surface area (Å²) in [7, 11) is 1.98. The maximum absolute atomic E-state index is 10.7. The molecule has 0 atom stereocenters. The summed E-state index contributed by atoms with van der Waals surface area (Å²) in [4.78, 5) is 10.7. The van der Waals surface area contributed by atoms with Gasteiger partial charge in [-0.15, -0.1) is 0 Å². The van der Waals surface area contributed by atoms with Crippen molar-refractivity contribution in [2.75, 3.05) is 0 Å². The molecule has 1 heterocycles. The van der Waals surface area contributed by atoms with Crippen LogP contribution in [0.1, 0.15) is 21.6 Å². The molecule has 0 fully saturated rings. The third-order valence-electron chi connectivity index (χ3n) is 2.59. The zero-order valence-electron chi connectivity index (χ0n) is 9.50. The van der Waals surface area contributed by atoms with Gasteiger partial charge in [-0.1, -0.05) is 18.2 Å². The first-order valence-electron chi connectivity index (χ1n) is 5.29. The minimum Gasteiger partial charge on any atom is -0.478 e. The number of carboxylic acid groups (broad SMARTS) is 1. The highest BCUT2D eigenvalue weighted by Crippen LogP contribution is 2.09. The molecule has 0 amide bonds. The van der Waals surface area contributed by atoms with Gasteiger partial charge in [-0.2, -0.15) is 0 Å². The van der Waals surface area contributed by atoms with Crippen LogP contribution in [0.15, 0.2) is 42.6 Å². The van der Waals surface area contributed by atoms with Crippen LogP contribution >= 0.6 is 0 Å². The average molecular weight is 227 g/mol. The van der Waals surface area contributed by atoms with Crippen molar-refractivity contribution < 1.29 is 9.90 Å². The molecule has 0 bridgehead atoms. The fraction of sp³-hybridized carbons (Fsp3) is 0.0714. The summed E-state index contributed by atoms with van der Waals surface area (Å²) in [5, 5.41) is 8.77. The Labute approximate surface area is 99.6 Å². The minimum absolute atomic E-state index is 0.306. The number of nitrogens with zero attached hydrogens (tertiary/aromatic N) is 1. The summed E-state index contributed by atoms with van der Waals surface area (Å²) >= 11 is 0. The van der Waals surface area contributed by atoms with Gasteiger partial charge in [0, 0.05) is 18.9 Å². The van der Waals surface area contributed by atoms with Gasteiger partial charge < -0.3 is 9.67 Å². The van der Waals surface area contributed by atoms with Crippen LogP contribution in [-0.2, 0) is 7.05 Å². The van der Waals surface area contributed by atoms with E-state index in [-0.39, 0.29) is 0 Å². The highest BCUT2D eigenvalue weighted by molar-refractivity contribution is 5.88. The Balaban J connectivity index is 2.17. The first kappa shape index (κ1) is 11.2. The largest absolute Gasteiger partial charge is 0.478 e. The number of benzene rings is 1. The fourth-order valence-corrected chi connectivity index (χ4v) is 1.57. The van der Waals surface area contributed by atoms with E-state index in [0.717, 1.165) is 11.3 Å². The number of hydrogen-bond donors (Lipinski definition) is 1. The van der Waals surface area contributed by atoms with Crippen molar-refractivity contribution in [3.05, 3.63) is 59.4 Å². The van der Waals surface area contributed by atoms with Crippen molar-refractivity contribution in [3.8, 4) is 0 Å². The number of carbonyl (C=O) groups is 1. The van der Waals surface area contributed by atoms with Crippen molar-refractivity contribution in [1.29, 1.82) is 0 Å².